The van der Waals surface area contributed by atoms with Crippen molar-refractivity contribution in [2.75, 3.05) is 7.05 Å². The molecule has 1 heterocycles. The molecule has 0 aliphatic heterocycles. The predicted octanol–water partition coefficient (Wildman–Crippen LogP) is 2.77. The molecule has 0 radical (unpaired) electrons. The number of aryl methyl sites for hydroxylation is 1. The van der Waals surface area contributed by atoms with E-state index in [0.29, 0.717) is 5.82 Å². The summed E-state index contributed by atoms with van der Waals surface area (Å²) in [6.07, 6.45) is 0. The van der Waals surface area contributed by atoms with E-state index in [2.05, 4.69) is 10.1 Å². The smallest absolute Gasteiger partial charge is 0.270 e. The monoisotopic (exact) mass is 388 g/mol. The molecule has 9 nitrogen and oxygen atoms in total. The zero-order valence-electron chi connectivity index (χ0n) is 14.6. The zero-order chi connectivity index (χ0) is 19.6. The van der Waals surface area contributed by atoms with E-state index in [1.165, 1.54) is 25.2 Å². The molecule has 2 aromatic carbocycles. The van der Waals surface area contributed by atoms with Crippen LogP contribution in [-0.4, -0.2) is 34.8 Å². The van der Waals surface area contributed by atoms with Gasteiger partial charge in [0.2, 0.25) is 21.7 Å². The first-order valence-electron chi connectivity index (χ1n) is 7.88. The van der Waals surface area contributed by atoms with Crippen molar-refractivity contribution >= 4 is 15.7 Å². The summed E-state index contributed by atoms with van der Waals surface area (Å²) in [6.45, 7) is 1.79. The Morgan fingerprint density at radius 3 is 2.56 bits per heavy atom. The molecule has 0 fully saturated rings. The second-order valence-corrected chi connectivity index (χ2v) is 7.94. The number of nitro groups is 1. The van der Waals surface area contributed by atoms with Gasteiger partial charge in [-0.1, -0.05) is 41.1 Å². The number of hydrogen-bond acceptors (Lipinski definition) is 7. The minimum Gasteiger partial charge on any atom is -0.338 e. The average Bonchev–Trinajstić information content (AvgIpc) is 3.10. The molecular weight excluding hydrogens is 372 g/mol. The predicted molar refractivity (Wildman–Crippen MR) is 96.2 cm³/mol. The van der Waals surface area contributed by atoms with Crippen LogP contribution in [0.2, 0.25) is 0 Å². The van der Waals surface area contributed by atoms with Crippen LogP contribution in [0.25, 0.3) is 11.4 Å². The number of nitrogens with zero attached hydrogens (tertiary/aromatic N) is 4. The first-order valence-corrected chi connectivity index (χ1v) is 9.32. The molecule has 1 aromatic heterocycles. The molecule has 0 spiro atoms. The summed E-state index contributed by atoms with van der Waals surface area (Å²) < 4.78 is 31.4. The maximum atomic E-state index is 12.6. The van der Waals surface area contributed by atoms with Crippen molar-refractivity contribution in [2.24, 2.45) is 0 Å². The van der Waals surface area contributed by atoms with Crippen LogP contribution >= 0.6 is 0 Å². The van der Waals surface area contributed by atoms with Gasteiger partial charge in [0.25, 0.3) is 5.69 Å². The average molecular weight is 388 g/mol. The van der Waals surface area contributed by atoms with Crippen LogP contribution in [0.3, 0.4) is 0 Å². The molecule has 27 heavy (non-hydrogen) atoms. The fourth-order valence-electron chi connectivity index (χ4n) is 2.35. The molecule has 3 rings (SSSR count). The van der Waals surface area contributed by atoms with Crippen molar-refractivity contribution < 1.29 is 17.9 Å². The molecule has 0 atom stereocenters. The summed E-state index contributed by atoms with van der Waals surface area (Å²) >= 11 is 0. The molecule has 0 saturated heterocycles. The summed E-state index contributed by atoms with van der Waals surface area (Å²) in [5.74, 6) is 0.466. The Bertz CT molecular complexity index is 1080. The number of rotatable bonds is 6. The first-order chi connectivity index (χ1) is 12.8. The fraction of sp³-hybridized carbons (Fsp3) is 0.176. The van der Waals surface area contributed by atoms with Crippen LogP contribution < -0.4 is 0 Å². The zero-order valence-corrected chi connectivity index (χ0v) is 15.4. The van der Waals surface area contributed by atoms with Crippen LogP contribution in [0, 0.1) is 17.0 Å². The quantitative estimate of drug-likeness (QED) is 0.470. The van der Waals surface area contributed by atoms with E-state index in [-0.39, 0.29) is 23.0 Å². The van der Waals surface area contributed by atoms with Crippen molar-refractivity contribution in [1.82, 2.24) is 14.4 Å². The highest BCUT2D eigenvalue weighted by Gasteiger charge is 2.25. The molecule has 0 N–H and O–H groups in total. The molecule has 3 aromatic rings. The second kappa shape index (κ2) is 7.25. The Labute approximate surface area is 155 Å². The van der Waals surface area contributed by atoms with Gasteiger partial charge >= 0.3 is 0 Å². The number of non-ortho nitro benzene ring substituents is 1. The molecular formula is C17H16N4O5S. The Morgan fingerprint density at radius 1 is 1.19 bits per heavy atom. The van der Waals surface area contributed by atoms with Crippen molar-refractivity contribution in [3.8, 4) is 11.4 Å². The van der Waals surface area contributed by atoms with Gasteiger partial charge in [-0.25, -0.2) is 8.42 Å². The third-order valence-corrected chi connectivity index (χ3v) is 5.67. The number of nitro benzene ring substituents is 1. The standard InChI is InChI=1S/C17H16N4O5S/c1-12-6-8-13(9-7-12)17-18-16(26-19-17)11-20(2)27(24,25)15-5-3-4-14(10-15)21(22)23/h3-10H,11H2,1-2H3. The van der Waals surface area contributed by atoms with E-state index in [0.717, 1.165) is 21.5 Å². The normalized spacial score (nSPS) is 11.7. The summed E-state index contributed by atoms with van der Waals surface area (Å²) in [6, 6.07) is 12.4. The minimum atomic E-state index is -3.95. The summed E-state index contributed by atoms with van der Waals surface area (Å²) in [4.78, 5) is 14.2. The van der Waals surface area contributed by atoms with Gasteiger partial charge in [0.15, 0.2) is 0 Å². The molecule has 0 bridgehead atoms. The molecule has 140 valence electrons. The lowest BCUT2D eigenvalue weighted by Gasteiger charge is -2.14. The Balaban J connectivity index is 1.80. The van der Waals surface area contributed by atoms with Gasteiger partial charge in [0, 0.05) is 24.7 Å². The van der Waals surface area contributed by atoms with Crippen LogP contribution in [0.1, 0.15) is 11.5 Å². The SMILES string of the molecule is Cc1ccc(-c2noc(CN(C)S(=O)(=O)c3cccc([N+](=O)[O-])c3)n2)cc1. The topological polar surface area (TPSA) is 119 Å². The van der Waals surface area contributed by atoms with Gasteiger partial charge in [0.1, 0.15) is 0 Å². The fourth-order valence-corrected chi connectivity index (χ4v) is 3.51. The molecule has 0 aliphatic carbocycles. The summed E-state index contributed by atoms with van der Waals surface area (Å²) in [5.41, 5.74) is 1.54. The van der Waals surface area contributed by atoms with E-state index in [9.17, 15) is 18.5 Å². The van der Waals surface area contributed by atoms with Crippen LogP contribution in [0.15, 0.2) is 57.9 Å². The van der Waals surface area contributed by atoms with E-state index in [4.69, 9.17) is 4.52 Å². The minimum absolute atomic E-state index is 0.113. The van der Waals surface area contributed by atoms with E-state index in [1.54, 1.807) is 0 Å². The number of sulfonamides is 1. The number of aromatic nitrogens is 2. The largest absolute Gasteiger partial charge is 0.338 e. The Hall–Kier alpha value is -3.11. The maximum Gasteiger partial charge on any atom is 0.270 e. The lowest BCUT2D eigenvalue weighted by atomic mass is 10.1. The first kappa shape index (κ1) is 18.7. The van der Waals surface area contributed by atoms with Gasteiger partial charge in [0.05, 0.1) is 16.4 Å². The molecule has 0 unspecified atom stereocenters. The molecule has 10 heteroatoms. The Morgan fingerprint density at radius 2 is 1.89 bits per heavy atom. The van der Waals surface area contributed by atoms with Crippen molar-refractivity contribution in [3.05, 3.63) is 70.1 Å². The highest BCUT2D eigenvalue weighted by atomic mass is 32.2. The maximum absolute atomic E-state index is 12.6. The van der Waals surface area contributed by atoms with E-state index >= 15 is 0 Å². The van der Waals surface area contributed by atoms with Crippen LogP contribution in [-0.2, 0) is 16.6 Å². The molecule has 0 amide bonds. The van der Waals surface area contributed by atoms with Crippen LogP contribution in [0.4, 0.5) is 5.69 Å². The van der Waals surface area contributed by atoms with Gasteiger partial charge in [-0.3, -0.25) is 10.1 Å². The van der Waals surface area contributed by atoms with Crippen LogP contribution in [0.5, 0.6) is 0 Å². The van der Waals surface area contributed by atoms with Crippen molar-refractivity contribution in [3.63, 3.8) is 0 Å². The van der Waals surface area contributed by atoms with Gasteiger partial charge in [-0.15, -0.1) is 0 Å². The molecule has 0 aliphatic rings. The van der Waals surface area contributed by atoms with Gasteiger partial charge in [-0.2, -0.15) is 9.29 Å². The highest BCUT2D eigenvalue weighted by Crippen LogP contribution is 2.22. The lowest BCUT2D eigenvalue weighted by molar-refractivity contribution is -0.385. The lowest BCUT2D eigenvalue weighted by Crippen LogP contribution is -2.26. The summed E-state index contributed by atoms with van der Waals surface area (Å²) in [7, 11) is -2.62. The van der Waals surface area contributed by atoms with Gasteiger partial charge in [-0.05, 0) is 13.0 Å². The Kier molecular flexibility index (Phi) is 5.02. The second-order valence-electron chi connectivity index (χ2n) is 5.89. The van der Waals surface area contributed by atoms with E-state index in [1.807, 2.05) is 31.2 Å². The number of hydrogen-bond donors (Lipinski definition) is 0. The van der Waals surface area contributed by atoms with E-state index < -0.39 is 14.9 Å². The molecule has 0 saturated carbocycles. The summed E-state index contributed by atoms with van der Waals surface area (Å²) in [5, 5.41) is 14.7. The van der Waals surface area contributed by atoms with Crippen molar-refractivity contribution in [1.29, 1.82) is 0 Å². The number of benzene rings is 2. The highest BCUT2D eigenvalue weighted by molar-refractivity contribution is 7.89. The van der Waals surface area contributed by atoms with Crippen molar-refractivity contribution in [2.45, 2.75) is 18.4 Å². The third-order valence-electron chi connectivity index (χ3n) is 3.87. The third kappa shape index (κ3) is 4.01. The van der Waals surface area contributed by atoms with Gasteiger partial charge < -0.3 is 4.52 Å².